The molecule has 2 aliphatic carbocycles. The van der Waals surface area contributed by atoms with Crippen LogP contribution in [-0.2, 0) is 4.74 Å². The van der Waals surface area contributed by atoms with Crippen molar-refractivity contribution in [3.05, 3.63) is 0 Å². The van der Waals surface area contributed by atoms with E-state index in [1.54, 1.807) is 0 Å². The molecule has 2 fully saturated rings. The number of rotatable bonds is 4. The van der Waals surface area contributed by atoms with Gasteiger partial charge < -0.3 is 15.4 Å². The van der Waals surface area contributed by atoms with Crippen molar-refractivity contribution in [2.75, 3.05) is 20.2 Å². The van der Waals surface area contributed by atoms with Crippen LogP contribution >= 0.6 is 0 Å². The van der Waals surface area contributed by atoms with Crippen LogP contribution in [0.1, 0.15) is 25.7 Å². The van der Waals surface area contributed by atoms with E-state index in [1.165, 1.54) is 7.11 Å². The van der Waals surface area contributed by atoms with Crippen molar-refractivity contribution >= 4 is 18.1 Å². The van der Waals surface area contributed by atoms with Crippen molar-refractivity contribution in [2.24, 2.45) is 16.8 Å². The molecule has 0 bridgehead atoms. The summed E-state index contributed by atoms with van der Waals surface area (Å²) >= 11 is 0. The normalized spacial score (nSPS) is 18.7. The lowest BCUT2D eigenvalue weighted by Crippen LogP contribution is -2.41. The number of urea groups is 2. The maximum Gasteiger partial charge on any atom is 0.345 e. The summed E-state index contributed by atoms with van der Waals surface area (Å²) in [6.45, 7) is 1.28. The summed E-state index contributed by atoms with van der Waals surface area (Å²) in [6.07, 6.45) is 4.63. The third-order valence-corrected chi connectivity index (χ3v) is 3.10. The van der Waals surface area contributed by atoms with E-state index in [-0.39, 0.29) is 6.02 Å². The van der Waals surface area contributed by atoms with E-state index < -0.39 is 12.1 Å². The van der Waals surface area contributed by atoms with Gasteiger partial charge in [0.2, 0.25) is 0 Å². The molecule has 7 heteroatoms. The zero-order valence-corrected chi connectivity index (χ0v) is 11.1. The van der Waals surface area contributed by atoms with Gasteiger partial charge in [-0.1, -0.05) is 0 Å². The molecule has 3 N–H and O–H groups in total. The Bertz CT molecular complexity index is 375. The van der Waals surface area contributed by atoms with Gasteiger partial charge in [0.1, 0.15) is 0 Å². The number of nitrogens with one attached hydrogen (secondary N) is 3. The Morgan fingerprint density at radius 1 is 1.11 bits per heavy atom. The summed E-state index contributed by atoms with van der Waals surface area (Å²) in [4.78, 5) is 26.6. The Hall–Kier alpha value is -1.79. The van der Waals surface area contributed by atoms with Gasteiger partial charge in [-0.2, -0.15) is 0 Å². The number of methoxy groups -OCH3 is 1. The van der Waals surface area contributed by atoms with Crippen LogP contribution in [0.2, 0.25) is 0 Å². The lowest BCUT2D eigenvalue weighted by molar-refractivity contribution is 0.241. The minimum atomic E-state index is -0.494. The minimum absolute atomic E-state index is 0.0957. The summed E-state index contributed by atoms with van der Waals surface area (Å²) in [7, 11) is 1.36. The van der Waals surface area contributed by atoms with Gasteiger partial charge in [-0.05, 0) is 37.5 Å². The molecule has 2 rings (SSSR count). The number of ether oxygens (including phenoxy) is 1. The minimum Gasteiger partial charge on any atom is -0.468 e. The third kappa shape index (κ3) is 5.58. The SMILES string of the molecule is COC(=NC(=O)NCC1CC1)NC(=O)NCC1CC1. The number of amides is 4. The molecule has 0 saturated heterocycles. The van der Waals surface area contributed by atoms with Crippen LogP contribution in [0.4, 0.5) is 9.59 Å². The van der Waals surface area contributed by atoms with E-state index in [0.29, 0.717) is 24.9 Å². The van der Waals surface area contributed by atoms with Gasteiger partial charge >= 0.3 is 18.1 Å². The molecule has 7 nitrogen and oxygen atoms in total. The first-order valence-electron chi connectivity index (χ1n) is 6.62. The van der Waals surface area contributed by atoms with Crippen LogP contribution in [0, 0.1) is 11.8 Å². The van der Waals surface area contributed by atoms with Crippen LogP contribution in [0.5, 0.6) is 0 Å². The van der Waals surface area contributed by atoms with Crippen LogP contribution in [0.15, 0.2) is 4.99 Å². The zero-order chi connectivity index (χ0) is 13.7. The standard InChI is InChI=1S/C12H20N4O3/c1-19-12(15-10(17)13-6-8-2-3-8)16-11(18)14-7-9-4-5-9/h8-9H,2-7H2,1H3,(H3,13,14,15,16,17,18). The molecule has 2 saturated carbocycles. The average molecular weight is 268 g/mol. The summed E-state index contributed by atoms with van der Waals surface area (Å²) in [5.41, 5.74) is 0. The lowest BCUT2D eigenvalue weighted by atomic mass is 10.4. The highest BCUT2D eigenvalue weighted by Gasteiger charge is 2.23. The first kappa shape index (κ1) is 13.6. The summed E-state index contributed by atoms with van der Waals surface area (Å²) in [5.74, 6) is 1.18. The number of hydrogen-bond donors (Lipinski definition) is 3. The van der Waals surface area contributed by atoms with Crippen molar-refractivity contribution in [3.8, 4) is 0 Å². The van der Waals surface area contributed by atoms with Crippen molar-refractivity contribution in [2.45, 2.75) is 25.7 Å². The number of nitrogens with zero attached hydrogens (tertiary/aromatic N) is 1. The lowest BCUT2D eigenvalue weighted by Gasteiger charge is -2.08. The molecule has 19 heavy (non-hydrogen) atoms. The predicted octanol–water partition coefficient (Wildman–Crippen LogP) is 0.818. The fraction of sp³-hybridized carbons (Fsp3) is 0.750. The fourth-order valence-corrected chi connectivity index (χ4v) is 1.51. The van der Waals surface area contributed by atoms with E-state index in [2.05, 4.69) is 20.9 Å². The maximum absolute atomic E-state index is 11.5. The van der Waals surface area contributed by atoms with Crippen molar-refractivity contribution in [3.63, 3.8) is 0 Å². The highest BCUT2D eigenvalue weighted by Crippen LogP contribution is 2.27. The number of amidine groups is 1. The van der Waals surface area contributed by atoms with Gasteiger partial charge in [-0.15, -0.1) is 4.99 Å². The first-order valence-corrected chi connectivity index (χ1v) is 6.62. The Morgan fingerprint density at radius 3 is 2.21 bits per heavy atom. The van der Waals surface area contributed by atoms with Crippen LogP contribution in [-0.4, -0.2) is 38.3 Å². The topological polar surface area (TPSA) is 91.8 Å². The molecule has 2 aliphatic rings. The number of carbonyl (C=O) groups is 2. The van der Waals surface area contributed by atoms with Gasteiger partial charge in [0.15, 0.2) is 0 Å². The van der Waals surface area contributed by atoms with Gasteiger partial charge in [-0.25, -0.2) is 9.59 Å². The van der Waals surface area contributed by atoms with Gasteiger partial charge in [0, 0.05) is 13.1 Å². The third-order valence-electron chi connectivity index (χ3n) is 3.10. The van der Waals surface area contributed by atoms with E-state index >= 15 is 0 Å². The Kier molecular flexibility index (Phi) is 4.59. The summed E-state index contributed by atoms with van der Waals surface area (Å²) in [6, 6.07) is -0.990. The van der Waals surface area contributed by atoms with E-state index in [9.17, 15) is 9.59 Å². The highest BCUT2D eigenvalue weighted by atomic mass is 16.5. The molecule has 106 valence electrons. The molecule has 4 amide bonds. The van der Waals surface area contributed by atoms with Crippen molar-refractivity contribution in [1.82, 2.24) is 16.0 Å². The molecule has 0 unspecified atom stereocenters. The van der Waals surface area contributed by atoms with Gasteiger partial charge in [-0.3, -0.25) is 5.32 Å². The van der Waals surface area contributed by atoms with Crippen LogP contribution in [0.3, 0.4) is 0 Å². The van der Waals surface area contributed by atoms with Crippen molar-refractivity contribution in [1.29, 1.82) is 0 Å². The Labute approximate surface area is 112 Å². The van der Waals surface area contributed by atoms with Gasteiger partial charge in [0.25, 0.3) is 0 Å². The molecule has 0 atom stereocenters. The molecule has 0 radical (unpaired) electrons. The molecular formula is C12H20N4O3. The second-order valence-electron chi connectivity index (χ2n) is 5.03. The first-order chi connectivity index (χ1) is 9.17. The van der Waals surface area contributed by atoms with E-state index in [0.717, 1.165) is 25.7 Å². The van der Waals surface area contributed by atoms with Crippen LogP contribution in [0.25, 0.3) is 0 Å². The predicted molar refractivity (Wildman–Crippen MR) is 69.8 cm³/mol. The molecule has 0 aromatic rings. The molecule has 0 aliphatic heterocycles. The molecule has 0 spiro atoms. The maximum atomic E-state index is 11.5. The Balaban J connectivity index is 1.69. The molecule has 0 aromatic heterocycles. The Morgan fingerprint density at radius 2 is 1.68 bits per heavy atom. The molecule has 0 aromatic carbocycles. The van der Waals surface area contributed by atoms with Gasteiger partial charge in [0.05, 0.1) is 7.11 Å². The fourth-order valence-electron chi connectivity index (χ4n) is 1.51. The largest absolute Gasteiger partial charge is 0.468 e. The second kappa shape index (κ2) is 6.40. The van der Waals surface area contributed by atoms with Crippen LogP contribution < -0.4 is 16.0 Å². The zero-order valence-electron chi connectivity index (χ0n) is 11.1. The molecular weight excluding hydrogens is 248 g/mol. The van der Waals surface area contributed by atoms with Crippen molar-refractivity contribution < 1.29 is 14.3 Å². The number of aliphatic imine (C=N–C) groups is 1. The smallest absolute Gasteiger partial charge is 0.345 e. The molecule has 0 heterocycles. The van der Waals surface area contributed by atoms with E-state index in [1.807, 2.05) is 0 Å². The summed E-state index contributed by atoms with van der Waals surface area (Å²) < 4.78 is 4.85. The van der Waals surface area contributed by atoms with E-state index in [4.69, 9.17) is 4.74 Å². The quantitative estimate of drug-likeness (QED) is 0.520. The second-order valence-corrected chi connectivity index (χ2v) is 5.03. The number of carbonyl (C=O) groups excluding carboxylic acids is 2. The number of hydrogen-bond acceptors (Lipinski definition) is 3. The monoisotopic (exact) mass is 268 g/mol. The summed E-state index contributed by atoms with van der Waals surface area (Å²) in [5, 5.41) is 7.77. The highest BCUT2D eigenvalue weighted by molar-refractivity contribution is 5.98. The average Bonchev–Trinajstić information content (AvgIpc) is 3.27.